The van der Waals surface area contributed by atoms with Crippen molar-refractivity contribution >= 4 is 23.2 Å². The number of amides is 2. The summed E-state index contributed by atoms with van der Waals surface area (Å²) in [5.74, 6) is 1.11. The molecule has 1 aliphatic rings. The van der Waals surface area contributed by atoms with Gasteiger partial charge in [0, 0.05) is 30.1 Å². The van der Waals surface area contributed by atoms with E-state index in [4.69, 9.17) is 14.2 Å². The van der Waals surface area contributed by atoms with Gasteiger partial charge in [0.15, 0.2) is 11.5 Å². The number of thiophene rings is 1. The third kappa shape index (κ3) is 7.83. The standard InChI is InChI=1S/C31H38N2O5S/c1-4-23-9-12-25(13-10-23)31(35)33(20-26-7-5-17-38-26)22-30(34)32(21-27-8-6-18-39-27)16-15-24-11-14-28(36-2)29(19-24)37-3/h6,8-14,18-19,26H,4-5,7,15-17,20-22H2,1-3H3. The number of ether oxygens (including phenoxy) is 3. The Hall–Kier alpha value is -3.36. The van der Waals surface area contributed by atoms with E-state index in [1.54, 1.807) is 30.5 Å². The van der Waals surface area contributed by atoms with Crippen molar-refractivity contribution in [2.45, 2.75) is 45.3 Å². The average molecular weight is 551 g/mol. The number of aryl methyl sites for hydroxylation is 1. The third-order valence-electron chi connectivity index (χ3n) is 7.07. The molecule has 3 aromatic rings. The molecule has 0 radical (unpaired) electrons. The average Bonchev–Trinajstić information content (AvgIpc) is 3.69. The summed E-state index contributed by atoms with van der Waals surface area (Å²) in [6.45, 7) is 4.20. The molecule has 2 amide bonds. The van der Waals surface area contributed by atoms with E-state index < -0.39 is 0 Å². The second kappa shape index (κ2) is 14.1. The predicted octanol–water partition coefficient (Wildman–Crippen LogP) is 5.22. The van der Waals surface area contributed by atoms with Crippen molar-refractivity contribution in [2.24, 2.45) is 0 Å². The van der Waals surface area contributed by atoms with Gasteiger partial charge in [-0.25, -0.2) is 0 Å². The van der Waals surface area contributed by atoms with E-state index in [1.807, 2.05) is 64.9 Å². The molecule has 1 unspecified atom stereocenters. The number of benzene rings is 2. The summed E-state index contributed by atoms with van der Waals surface area (Å²) in [4.78, 5) is 32.0. The van der Waals surface area contributed by atoms with Crippen LogP contribution < -0.4 is 9.47 Å². The van der Waals surface area contributed by atoms with Crippen molar-refractivity contribution in [1.82, 2.24) is 9.80 Å². The van der Waals surface area contributed by atoms with Crippen LogP contribution in [0.5, 0.6) is 11.5 Å². The van der Waals surface area contributed by atoms with Crippen LogP contribution in [0.4, 0.5) is 0 Å². The van der Waals surface area contributed by atoms with Gasteiger partial charge in [0.05, 0.1) is 26.9 Å². The first kappa shape index (κ1) is 28.6. The molecule has 1 fully saturated rings. The third-order valence-corrected chi connectivity index (χ3v) is 7.93. The van der Waals surface area contributed by atoms with Crippen LogP contribution in [0.1, 0.15) is 46.1 Å². The molecule has 8 heteroatoms. The van der Waals surface area contributed by atoms with Crippen LogP contribution in [0.3, 0.4) is 0 Å². The summed E-state index contributed by atoms with van der Waals surface area (Å²) in [6.07, 6.45) is 3.38. The molecule has 39 heavy (non-hydrogen) atoms. The summed E-state index contributed by atoms with van der Waals surface area (Å²) in [5.41, 5.74) is 2.80. The number of hydrogen-bond donors (Lipinski definition) is 0. The molecule has 2 heterocycles. The monoisotopic (exact) mass is 550 g/mol. The van der Waals surface area contributed by atoms with E-state index in [0.29, 0.717) is 49.7 Å². The van der Waals surface area contributed by atoms with Crippen molar-refractivity contribution < 1.29 is 23.8 Å². The molecular formula is C31H38N2O5S. The lowest BCUT2D eigenvalue weighted by molar-refractivity contribution is -0.132. The molecule has 0 bridgehead atoms. The molecule has 0 N–H and O–H groups in total. The van der Waals surface area contributed by atoms with E-state index in [9.17, 15) is 9.59 Å². The molecule has 0 spiro atoms. The zero-order valence-electron chi connectivity index (χ0n) is 23.1. The smallest absolute Gasteiger partial charge is 0.254 e. The maximum Gasteiger partial charge on any atom is 0.254 e. The van der Waals surface area contributed by atoms with Gasteiger partial charge in [-0.15, -0.1) is 11.3 Å². The fraction of sp³-hybridized carbons (Fsp3) is 0.419. The van der Waals surface area contributed by atoms with Crippen molar-refractivity contribution in [1.29, 1.82) is 0 Å². The molecule has 1 atom stereocenters. The van der Waals surface area contributed by atoms with Gasteiger partial charge in [-0.3, -0.25) is 9.59 Å². The molecule has 1 aliphatic heterocycles. The van der Waals surface area contributed by atoms with Crippen molar-refractivity contribution in [3.63, 3.8) is 0 Å². The van der Waals surface area contributed by atoms with Crippen molar-refractivity contribution in [2.75, 3.05) is 40.5 Å². The quantitative estimate of drug-likeness (QED) is 0.292. The largest absolute Gasteiger partial charge is 0.493 e. The van der Waals surface area contributed by atoms with E-state index in [-0.39, 0.29) is 24.5 Å². The minimum atomic E-state index is -0.141. The van der Waals surface area contributed by atoms with Gasteiger partial charge >= 0.3 is 0 Å². The molecular weight excluding hydrogens is 512 g/mol. The topological polar surface area (TPSA) is 68.3 Å². The fourth-order valence-corrected chi connectivity index (χ4v) is 5.48. The lowest BCUT2D eigenvalue weighted by Crippen LogP contribution is -2.45. The first-order valence-corrected chi connectivity index (χ1v) is 14.4. The number of rotatable bonds is 13. The summed E-state index contributed by atoms with van der Waals surface area (Å²) in [7, 11) is 3.23. The highest BCUT2D eigenvalue weighted by Crippen LogP contribution is 2.28. The van der Waals surface area contributed by atoms with Crippen molar-refractivity contribution in [3.05, 3.63) is 81.5 Å². The molecule has 4 rings (SSSR count). The maximum atomic E-state index is 13.8. The minimum absolute atomic E-state index is 0.00549. The van der Waals surface area contributed by atoms with E-state index in [2.05, 4.69) is 6.92 Å². The van der Waals surface area contributed by atoms with Gasteiger partial charge in [0.2, 0.25) is 5.91 Å². The Labute approximate surface area is 235 Å². The van der Waals surface area contributed by atoms with Crippen LogP contribution >= 0.6 is 11.3 Å². The summed E-state index contributed by atoms with van der Waals surface area (Å²) < 4.78 is 16.7. The fourth-order valence-electron chi connectivity index (χ4n) is 4.77. The second-order valence-corrected chi connectivity index (χ2v) is 10.7. The SMILES string of the molecule is CCc1ccc(C(=O)N(CC(=O)N(CCc2ccc(OC)c(OC)c2)Cc2cccs2)CC2CCCO2)cc1. The van der Waals surface area contributed by atoms with Gasteiger partial charge in [-0.1, -0.05) is 31.2 Å². The first-order chi connectivity index (χ1) is 19.0. The van der Waals surface area contributed by atoms with E-state index in [1.165, 1.54) is 5.56 Å². The Morgan fingerprint density at radius 3 is 2.41 bits per heavy atom. The van der Waals surface area contributed by atoms with Crippen LogP contribution in [-0.2, 0) is 28.9 Å². The molecule has 1 aromatic heterocycles. The van der Waals surface area contributed by atoms with Crippen LogP contribution in [-0.4, -0.2) is 68.2 Å². The van der Waals surface area contributed by atoms with Gasteiger partial charge in [-0.2, -0.15) is 0 Å². The number of nitrogens with zero attached hydrogens (tertiary/aromatic N) is 2. The van der Waals surface area contributed by atoms with Crippen LogP contribution in [0.15, 0.2) is 60.0 Å². The molecule has 2 aromatic carbocycles. The van der Waals surface area contributed by atoms with E-state index in [0.717, 1.165) is 29.7 Å². The van der Waals surface area contributed by atoms with Crippen LogP contribution in [0.25, 0.3) is 0 Å². The van der Waals surface area contributed by atoms with Gasteiger partial charge in [0.1, 0.15) is 6.54 Å². The Bertz CT molecular complexity index is 1210. The van der Waals surface area contributed by atoms with Gasteiger partial charge < -0.3 is 24.0 Å². The Morgan fingerprint density at radius 2 is 1.77 bits per heavy atom. The van der Waals surface area contributed by atoms with E-state index >= 15 is 0 Å². The summed E-state index contributed by atoms with van der Waals surface area (Å²) in [6, 6.07) is 17.5. The summed E-state index contributed by atoms with van der Waals surface area (Å²) >= 11 is 1.62. The molecule has 208 valence electrons. The maximum absolute atomic E-state index is 13.8. The lowest BCUT2D eigenvalue weighted by atomic mass is 10.1. The number of carbonyl (C=O) groups excluding carboxylic acids is 2. The highest BCUT2D eigenvalue weighted by atomic mass is 32.1. The first-order valence-electron chi connectivity index (χ1n) is 13.5. The molecule has 7 nitrogen and oxygen atoms in total. The zero-order valence-corrected chi connectivity index (χ0v) is 23.9. The Kier molecular flexibility index (Phi) is 10.4. The highest BCUT2D eigenvalue weighted by Gasteiger charge is 2.27. The van der Waals surface area contributed by atoms with Gasteiger partial charge in [0.25, 0.3) is 5.91 Å². The highest BCUT2D eigenvalue weighted by molar-refractivity contribution is 7.09. The van der Waals surface area contributed by atoms with Crippen LogP contribution in [0, 0.1) is 0 Å². The van der Waals surface area contributed by atoms with Gasteiger partial charge in [-0.05, 0) is 72.5 Å². The molecule has 1 saturated heterocycles. The molecule has 0 saturated carbocycles. The predicted molar refractivity (Wildman–Crippen MR) is 154 cm³/mol. The normalized spacial score (nSPS) is 14.7. The Morgan fingerprint density at radius 1 is 1.00 bits per heavy atom. The Balaban J connectivity index is 1.51. The minimum Gasteiger partial charge on any atom is -0.493 e. The summed E-state index contributed by atoms with van der Waals surface area (Å²) in [5, 5.41) is 2.01. The zero-order chi connectivity index (χ0) is 27.6. The number of methoxy groups -OCH3 is 2. The lowest BCUT2D eigenvalue weighted by Gasteiger charge is -2.29. The number of carbonyl (C=O) groups is 2. The second-order valence-electron chi connectivity index (χ2n) is 9.71. The van der Waals surface area contributed by atoms with Crippen LogP contribution in [0.2, 0.25) is 0 Å². The molecule has 0 aliphatic carbocycles. The number of hydrogen-bond acceptors (Lipinski definition) is 6. The van der Waals surface area contributed by atoms with Crippen molar-refractivity contribution in [3.8, 4) is 11.5 Å².